The Labute approximate surface area is 202 Å². The molecule has 2 aliphatic heterocycles. The molecule has 0 aliphatic carbocycles. The van der Waals surface area contributed by atoms with Crippen LogP contribution in [-0.4, -0.2) is 46.7 Å². The van der Waals surface area contributed by atoms with Crippen LogP contribution in [-0.2, 0) is 10.2 Å². The van der Waals surface area contributed by atoms with Gasteiger partial charge in [0.2, 0.25) is 0 Å². The number of aliphatic imine (C=N–C) groups is 1. The lowest BCUT2D eigenvalue weighted by atomic mass is 9.85. The standard InChI is InChI=1S/C28H36N2O4/c1-8-9-25(32)23-16-30-19(4)24(29-27(30)18(3)17(23)2)15-26(33)20-12-21(28(5,6)7)14-22(13-20)34-11-10-31/h12-14,16,24,31H,4,8-11,15H2,1-3,5-7H3. The largest absolute Gasteiger partial charge is 0.491 e. The Morgan fingerprint density at radius 2 is 1.85 bits per heavy atom. The molecule has 3 rings (SSSR count). The number of benzene rings is 1. The number of nitrogens with zero attached hydrogens (tertiary/aromatic N) is 2. The molecule has 1 N–H and O–H groups in total. The monoisotopic (exact) mass is 464 g/mol. The third kappa shape index (κ3) is 5.22. The minimum absolute atomic E-state index is 0.0556. The van der Waals surface area contributed by atoms with Gasteiger partial charge in [0.15, 0.2) is 11.6 Å². The van der Waals surface area contributed by atoms with Crippen LogP contribution in [0.15, 0.2) is 58.4 Å². The molecule has 1 unspecified atom stereocenters. The fourth-order valence-corrected chi connectivity index (χ4v) is 4.14. The summed E-state index contributed by atoms with van der Waals surface area (Å²) in [5.74, 6) is 1.37. The lowest BCUT2D eigenvalue weighted by Crippen LogP contribution is -2.28. The number of rotatable bonds is 9. The van der Waals surface area contributed by atoms with E-state index in [9.17, 15) is 9.59 Å². The minimum atomic E-state index is -0.401. The summed E-state index contributed by atoms with van der Waals surface area (Å²) in [6.07, 6.45) is 3.28. The van der Waals surface area contributed by atoms with Gasteiger partial charge in [0.05, 0.1) is 12.6 Å². The van der Waals surface area contributed by atoms with Gasteiger partial charge in [-0.05, 0) is 60.6 Å². The number of allylic oxidation sites excluding steroid dienone is 2. The second-order valence-corrected chi connectivity index (χ2v) is 9.99. The van der Waals surface area contributed by atoms with Gasteiger partial charge in [-0.2, -0.15) is 0 Å². The van der Waals surface area contributed by atoms with Crippen molar-refractivity contribution in [3.63, 3.8) is 0 Å². The van der Waals surface area contributed by atoms with E-state index in [0.717, 1.165) is 29.0 Å². The summed E-state index contributed by atoms with van der Waals surface area (Å²) in [5, 5.41) is 9.13. The van der Waals surface area contributed by atoms with E-state index < -0.39 is 6.04 Å². The summed E-state index contributed by atoms with van der Waals surface area (Å²) in [6, 6.07) is 5.14. The summed E-state index contributed by atoms with van der Waals surface area (Å²) < 4.78 is 5.63. The number of aliphatic hydroxyl groups excluding tert-OH is 1. The van der Waals surface area contributed by atoms with E-state index in [2.05, 4.69) is 27.4 Å². The molecule has 34 heavy (non-hydrogen) atoms. The Kier molecular flexibility index (Phi) is 7.61. The number of ether oxygens (including phenoxy) is 1. The number of carbonyl (C=O) groups excluding carboxylic acids is 2. The Morgan fingerprint density at radius 3 is 2.47 bits per heavy atom. The summed E-state index contributed by atoms with van der Waals surface area (Å²) in [7, 11) is 0. The van der Waals surface area contributed by atoms with Crippen LogP contribution >= 0.6 is 0 Å². The number of fused-ring (bicyclic) bond motifs is 1. The normalized spacial score (nSPS) is 18.0. The van der Waals surface area contributed by atoms with Crippen molar-refractivity contribution in [1.82, 2.24) is 4.90 Å². The molecule has 1 atom stereocenters. The van der Waals surface area contributed by atoms with E-state index >= 15 is 0 Å². The molecule has 6 heteroatoms. The lowest BCUT2D eigenvalue weighted by Gasteiger charge is -2.26. The number of hydrogen-bond donors (Lipinski definition) is 1. The molecule has 0 amide bonds. The number of aliphatic hydroxyl groups is 1. The summed E-state index contributed by atoms with van der Waals surface area (Å²) in [5.41, 5.74) is 4.62. The number of ketones is 2. The molecule has 2 heterocycles. The third-order valence-electron chi connectivity index (χ3n) is 6.37. The first-order valence-corrected chi connectivity index (χ1v) is 11.9. The minimum Gasteiger partial charge on any atom is -0.491 e. The molecule has 0 saturated heterocycles. The number of Topliss-reactive ketones (excluding diaryl/α,β-unsaturated/α-hetero) is 2. The van der Waals surface area contributed by atoms with Crippen LogP contribution in [0.5, 0.6) is 5.75 Å². The van der Waals surface area contributed by atoms with Gasteiger partial charge in [-0.25, -0.2) is 0 Å². The van der Waals surface area contributed by atoms with Gasteiger partial charge >= 0.3 is 0 Å². The molecular weight excluding hydrogens is 428 g/mol. The van der Waals surface area contributed by atoms with E-state index in [0.29, 0.717) is 29.0 Å². The molecule has 0 aromatic heterocycles. The van der Waals surface area contributed by atoms with Crippen molar-refractivity contribution in [3.8, 4) is 5.75 Å². The van der Waals surface area contributed by atoms with E-state index in [-0.39, 0.29) is 36.6 Å². The molecular formula is C28H36N2O4. The Hall–Kier alpha value is -2.99. The fraction of sp³-hybridized carbons (Fsp3) is 0.464. The maximum absolute atomic E-state index is 13.3. The lowest BCUT2D eigenvalue weighted by molar-refractivity contribution is -0.115. The Bertz CT molecular complexity index is 1100. The highest BCUT2D eigenvalue weighted by molar-refractivity contribution is 6.10. The number of hydrogen-bond acceptors (Lipinski definition) is 6. The molecule has 0 spiro atoms. The van der Waals surface area contributed by atoms with Crippen molar-refractivity contribution in [3.05, 3.63) is 64.5 Å². The van der Waals surface area contributed by atoms with Crippen molar-refractivity contribution in [2.24, 2.45) is 4.99 Å². The van der Waals surface area contributed by atoms with Crippen LogP contribution in [0.25, 0.3) is 0 Å². The molecule has 6 nitrogen and oxygen atoms in total. The Morgan fingerprint density at radius 1 is 1.15 bits per heavy atom. The average molecular weight is 465 g/mol. The van der Waals surface area contributed by atoms with E-state index in [1.165, 1.54) is 0 Å². The molecule has 1 aromatic rings. The second-order valence-electron chi connectivity index (χ2n) is 9.99. The first kappa shape index (κ1) is 25.6. The fourth-order valence-electron chi connectivity index (χ4n) is 4.14. The zero-order chi connectivity index (χ0) is 25.2. The first-order valence-electron chi connectivity index (χ1n) is 11.9. The highest BCUT2D eigenvalue weighted by Gasteiger charge is 2.35. The van der Waals surface area contributed by atoms with Crippen molar-refractivity contribution in [1.29, 1.82) is 0 Å². The predicted octanol–water partition coefficient (Wildman–Crippen LogP) is 5.13. The molecule has 182 valence electrons. The van der Waals surface area contributed by atoms with Crippen LogP contribution in [0.3, 0.4) is 0 Å². The van der Waals surface area contributed by atoms with Crippen LogP contribution in [0.1, 0.15) is 76.7 Å². The van der Waals surface area contributed by atoms with Crippen LogP contribution in [0.4, 0.5) is 0 Å². The van der Waals surface area contributed by atoms with Crippen molar-refractivity contribution in [2.45, 2.75) is 72.3 Å². The summed E-state index contributed by atoms with van der Waals surface area (Å²) in [6.45, 7) is 16.4. The van der Waals surface area contributed by atoms with Gasteiger partial charge in [0.25, 0.3) is 0 Å². The summed E-state index contributed by atoms with van der Waals surface area (Å²) in [4.78, 5) is 32.7. The smallest absolute Gasteiger partial charge is 0.165 e. The van der Waals surface area contributed by atoms with Crippen LogP contribution in [0.2, 0.25) is 0 Å². The van der Waals surface area contributed by atoms with Gasteiger partial charge in [-0.1, -0.05) is 34.3 Å². The van der Waals surface area contributed by atoms with Crippen molar-refractivity contribution < 1.29 is 19.4 Å². The van der Waals surface area contributed by atoms with Crippen LogP contribution in [0, 0.1) is 0 Å². The van der Waals surface area contributed by atoms with Crippen molar-refractivity contribution >= 4 is 17.4 Å². The third-order valence-corrected chi connectivity index (χ3v) is 6.37. The average Bonchev–Trinajstić information content (AvgIpc) is 3.09. The highest BCUT2D eigenvalue weighted by Crippen LogP contribution is 2.35. The number of amidine groups is 1. The van der Waals surface area contributed by atoms with Crippen LogP contribution < -0.4 is 4.74 Å². The molecule has 0 bridgehead atoms. The van der Waals surface area contributed by atoms with E-state index in [1.54, 1.807) is 6.07 Å². The number of carbonyl (C=O) groups is 2. The Balaban J connectivity index is 1.88. The molecule has 2 aliphatic rings. The van der Waals surface area contributed by atoms with Gasteiger partial charge in [-0.15, -0.1) is 0 Å². The zero-order valence-corrected chi connectivity index (χ0v) is 21.2. The predicted molar refractivity (Wildman–Crippen MR) is 135 cm³/mol. The maximum atomic E-state index is 13.3. The second kappa shape index (κ2) is 10.1. The molecule has 0 fully saturated rings. The maximum Gasteiger partial charge on any atom is 0.165 e. The van der Waals surface area contributed by atoms with Gasteiger partial charge in [0.1, 0.15) is 18.2 Å². The van der Waals surface area contributed by atoms with E-state index in [1.807, 2.05) is 44.0 Å². The molecule has 0 saturated carbocycles. The summed E-state index contributed by atoms with van der Waals surface area (Å²) >= 11 is 0. The van der Waals surface area contributed by atoms with Gasteiger partial charge < -0.3 is 14.7 Å². The van der Waals surface area contributed by atoms with Gasteiger partial charge in [-0.3, -0.25) is 14.6 Å². The first-order chi connectivity index (χ1) is 16.0. The van der Waals surface area contributed by atoms with Gasteiger partial charge in [0, 0.05) is 35.9 Å². The van der Waals surface area contributed by atoms with E-state index in [4.69, 9.17) is 14.8 Å². The SMILES string of the molecule is C=C1C(CC(=O)c2cc(OCCO)cc(C(C)(C)C)c2)N=C2C(C)=C(C)C(C(=O)CCC)=CN12. The molecule has 1 aromatic carbocycles. The quantitative estimate of drug-likeness (QED) is 0.513. The highest BCUT2D eigenvalue weighted by atomic mass is 16.5. The zero-order valence-electron chi connectivity index (χ0n) is 21.2. The van der Waals surface area contributed by atoms with Crippen molar-refractivity contribution in [2.75, 3.05) is 13.2 Å². The molecule has 0 radical (unpaired) electrons. The topological polar surface area (TPSA) is 79.2 Å².